The number of nitrogens with one attached hydrogen (secondary N) is 3. The molecule has 14 heteroatoms. The summed E-state index contributed by atoms with van der Waals surface area (Å²) in [4.78, 5) is 53.7. The summed E-state index contributed by atoms with van der Waals surface area (Å²) in [5, 5.41) is 8.23. The highest BCUT2D eigenvalue weighted by molar-refractivity contribution is 7.90. The molecule has 48 heavy (non-hydrogen) atoms. The summed E-state index contributed by atoms with van der Waals surface area (Å²) in [7, 11) is -2.14. The molecule has 2 aliphatic heterocycles. The van der Waals surface area contributed by atoms with Gasteiger partial charge in [-0.1, -0.05) is 19.1 Å². The maximum absolute atomic E-state index is 15.0. The lowest BCUT2D eigenvalue weighted by Crippen LogP contribution is -2.46. The van der Waals surface area contributed by atoms with Crippen molar-refractivity contribution in [2.24, 2.45) is 0 Å². The van der Waals surface area contributed by atoms with Crippen molar-refractivity contribution in [1.82, 2.24) is 20.9 Å². The van der Waals surface area contributed by atoms with E-state index in [2.05, 4.69) is 16.0 Å². The number of amides is 4. The molecule has 0 spiro atoms. The van der Waals surface area contributed by atoms with E-state index in [1.165, 1.54) is 66.6 Å². The Morgan fingerprint density at radius 1 is 1.00 bits per heavy atom. The van der Waals surface area contributed by atoms with Crippen LogP contribution in [0.2, 0.25) is 0 Å². The van der Waals surface area contributed by atoms with Gasteiger partial charge in [0.15, 0.2) is 32.9 Å². The molecule has 0 aliphatic carbocycles. The minimum Gasteiger partial charge on any atom is -0.493 e. The minimum atomic E-state index is -3.56. The molecule has 0 saturated heterocycles. The second-order valence-electron chi connectivity index (χ2n) is 11.3. The number of halogens is 1. The Balaban J connectivity index is 1.59. The predicted molar refractivity (Wildman–Crippen MR) is 175 cm³/mol. The van der Waals surface area contributed by atoms with Gasteiger partial charge in [-0.3, -0.25) is 19.2 Å². The van der Waals surface area contributed by atoms with Crippen LogP contribution >= 0.6 is 0 Å². The Kier molecular flexibility index (Phi) is 12.1. The minimum absolute atomic E-state index is 0.00101. The number of fused-ring (bicyclic) bond motifs is 16. The summed E-state index contributed by atoms with van der Waals surface area (Å²) >= 11 is 0. The van der Waals surface area contributed by atoms with E-state index in [0.29, 0.717) is 18.4 Å². The summed E-state index contributed by atoms with van der Waals surface area (Å²) in [6.45, 7) is 2.27. The first-order chi connectivity index (χ1) is 22.9. The third-order valence-corrected chi connectivity index (χ3v) is 8.80. The lowest BCUT2D eigenvalue weighted by Gasteiger charge is -2.23. The maximum Gasteiger partial charge on any atom is 0.253 e. The largest absolute Gasteiger partial charge is 0.493 e. The number of hydrogen-bond donors (Lipinski definition) is 3. The van der Waals surface area contributed by atoms with Gasteiger partial charge in [0.1, 0.15) is 6.04 Å². The lowest BCUT2D eigenvalue weighted by molar-refractivity contribution is -0.129. The molecule has 3 N–H and O–H groups in total. The normalized spacial score (nSPS) is 17.0. The molecule has 0 saturated carbocycles. The first-order valence-electron chi connectivity index (χ1n) is 15.5. The molecule has 5 rings (SSSR count). The molecule has 2 aliphatic rings. The van der Waals surface area contributed by atoms with E-state index in [1.807, 2.05) is 0 Å². The quantitative estimate of drug-likeness (QED) is 0.377. The van der Waals surface area contributed by atoms with Gasteiger partial charge in [0, 0.05) is 50.0 Å². The number of methoxy groups -OCH3 is 1. The Morgan fingerprint density at radius 3 is 2.48 bits per heavy atom. The van der Waals surface area contributed by atoms with Crippen molar-refractivity contribution in [2.75, 3.05) is 33.0 Å². The zero-order valence-electron chi connectivity index (χ0n) is 27.0. The Labute approximate surface area is 278 Å². The fourth-order valence-corrected chi connectivity index (χ4v) is 5.71. The maximum atomic E-state index is 15.0. The van der Waals surface area contributed by atoms with Crippen LogP contribution in [-0.2, 0) is 26.0 Å². The molecule has 0 radical (unpaired) electrons. The van der Waals surface area contributed by atoms with Crippen LogP contribution in [0.25, 0.3) is 0 Å². The van der Waals surface area contributed by atoms with Gasteiger partial charge in [-0.05, 0) is 73.4 Å². The van der Waals surface area contributed by atoms with Gasteiger partial charge >= 0.3 is 0 Å². The molecule has 3 aromatic rings. The van der Waals surface area contributed by atoms with Crippen molar-refractivity contribution in [3.63, 3.8) is 0 Å². The summed E-state index contributed by atoms with van der Waals surface area (Å²) in [6, 6.07) is 13.6. The molecule has 4 amide bonds. The molecule has 12 nitrogen and oxygen atoms in total. The van der Waals surface area contributed by atoms with Gasteiger partial charge in [-0.2, -0.15) is 0 Å². The average Bonchev–Trinajstić information content (AvgIpc) is 3.07. The van der Waals surface area contributed by atoms with Crippen LogP contribution in [0.4, 0.5) is 4.39 Å². The highest BCUT2D eigenvalue weighted by atomic mass is 32.2. The van der Waals surface area contributed by atoms with Gasteiger partial charge in [-0.25, -0.2) is 12.8 Å². The smallest absolute Gasteiger partial charge is 0.253 e. The van der Waals surface area contributed by atoms with Crippen LogP contribution in [0.3, 0.4) is 0 Å². The predicted octanol–water partition coefficient (Wildman–Crippen LogP) is 3.60. The van der Waals surface area contributed by atoms with Gasteiger partial charge in [-0.15, -0.1) is 0 Å². The van der Waals surface area contributed by atoms with Gasteiger partial charge in [0.2, 0.25) is 11.8 Å². The molecular weight excluding hydrogens is 643 g/mol. The number of benzene rings is 3. The van der Waals surface area contributed by atoms with E-state index in [4.69, 9.17) is 9.47 Å². The molecule has 0 fully saturated rings. The van der Waals surface area contributed by atoms with Crippen molar-refractivity contribution < 1.29 is 41.5 Å². The van der Waals surface area contributed by atoms with Crippen molar-refractivity contribution >= 4 is 33.5 Å². The van der Waals surface area contributed by atoms with Crippen molar-refractivity contribution in [3.05, 3.63) is 83.2 Å². The third-order valence-electron chi connectivity index (χ3n) is 7.69. The summed E-state index contributed by atoms with van der Waals surface area (Å²) in [5.74, 6) is -2.13. The summed E-state index contributed by atoms with van der Waals surface area (Å²) < 4.78 is 50.4. The molecule has 2 heterocycles. The molecule has 256 valence electrons. The monoisotopic (exact) mass is 682 g/mol. The topological polar surface area (TPSA) is 160 Å². The van der Waals surface area contributed by atoms with E-state index >= 15 is 4.39 Å². The average molecular weight is 683 g/mol. The van der Waals surface area contributed by atoms with Gasteiger partial charge in [0.05, 0.1) is 12.0 Å². The first-order valence-corrected chi connectivity index (χ1v) is 17.4. The van der Waals surface area contributed by atoms with E-state index in [-0.39, 0.29) is 78.2 Å². The second-order valence-corrected chi connectivity index (χ2v) is 13.3. The van der Waals surface area contributed by atoms with Crippen molar-refractivity contribution in [3.8, 4) is 17.2 Å². The molecular formula is C34H39FN4O8S. The van der Waals surface area contributed by atoms with E-state index < -0.39 is 39.4 Å². The second kappa shape index (κ2) is 16.2. The van der Waals surface area contributed by atoms with Gasteiger partial charge < -0.3 is 30.3 Å². The number of nitrogens with zero attached hydrogens (tertiary/aromatic N) is 1. The van der Waals surface area contributed by atoms with E-state index in [0.717, 1.165) is 6.26 Å². The zero-order valence-corrected chi connectivity index (χ0v) is 27.8. The molecule has 3 aromatic carbocycles. The van der Waals surface area contributed by atoms with Crippen LogP contribution < -0.4 is 25.4 Å². The zero-order chi connectivity index (χ0) is 34.8. The Hall–Kier alpha value is -4.98. The number of ether oxygens (including phenoxy) is 2. The molecule has 0 aromatic heterocycles. The number of carbonyl (C=O) groups excluding carboxylic acids is 4. The number of carbonyl (C=O) groups is 4. The standard InChI is InChI=1S/C34H39FN4O8S/c1-4-27-33(42)37-21-22-11-13-28(26(35)18-22)47-30-20-23(12-14-29(30)46-2)32(41)36-15-7-17-39(16-6-10-31(40)38-27)34(43)24-8-5-9-25(19-24)48(3,44)45/h5,8-9,11-14,18-20,27H,4,6-7,10,15-17,21H2,1-3H3,(H,36,41)(H,37,42)(H,38,40)/t27-/m0/s1. The van der Waals surface area contributed by atoms with Crippen molar-refractivity contribution in [2.45, 2.75) is 50.1 Å². The molecule has 0 unspecified atom stereocenters. The van der Waals surface area contributed by atoms with E-state index in [1.54, 1.807) is 13.0 Å². The van der Waals surface area contributed by atoms with Crippen LogP contribution in [0.15, 0.2) is 65.6 Å². The summed E-state index contributed by atoms with van der Waals surface area (Å²) in [5.41, 5.74) is 0.855. The van der Waals surface area contributed by atoms with Crippen LogP contribution in [0.1, 0.15) is 58.9 Å². The molecule has 1 atom stereocenters. The fourth-order valence-electron chi connectivity index (χ4n) is 5.05. The van der Waals surface area contributed by atoms with Gasteiger partial charge in [0.25, 0.3) is 11.8 Å². The van der Waals surface area contributed by atoms with E-state index in [9.17, 15) is 27.6 Å². The Bertz CT molecular complexity index is 1780. The summed E-state index contributed by atoms with van der Waals surface area (Å²) in [6.07, 6.45) is 1.98. The van der Waals surface area contributed by atoms with Crippen LogP contribution in [-0.4, -0.2) is 76.0 Å². The highest BCUT2D eigenvalue weighted by Crippen LogP contribution is 2.34. The Morgan fingerprint density at radius 2 is 1.77 bits per heavy atom. The van der Waals surface area contributed by atoms with Crippen molar-refractivity contribution in [1.29, 1.82) is 0 Å². The fraction of sp³-hybridized carbons (Fsp3) is 0.353. The third kappa shape index (κ3) is 9.53. The van der Waals surface area contributed by atoms with Crippen LogP contribution in [0.5, 0.6) is 17.2 Å². The first kappa shape index (κ1) is 35.9. The highest BCUT2D eigenvalue weighted by Gasteiger charge is 2.22. The number of sulfone groups is 1. The SMILES string of the molecule is CC[C@@H]1NC(=O)CCCN(C(=O)c2cccc(S(C)(=O)=O)c2)CCCNC(=O)c2ccc(OC)c(c2)Oc2ccc(cc2F)CNC1=O. The van der Waals surface area contributed by atoms with Crippen LogP contribution in [0, 0.1) is 5.82 Å². The molecule has 4 bridgehead atoms. The number of rotatable bonds is 4. The number of hydrogen-bond acceptors (Lipinski definition) is 8. The lowest BCUT2D eigenvalue weighted by atomic mass is 10.1.